The number of nitrogens with zero attached hydrogens (tertiary/aromatic N) is 1. The van der Waals surface area contributed by atoms with Crippen molar-refractivity contribution in [2.24, 2.45) is 0 Å². The molecule has 0 bridgehead atoms. The molecule has 1 aromatic rings. The largest absolute Gasteiger partial charge is 0.480 e. The smallest absolute Gasteiger partial charge is 0.323 e. The lowest BCUT2D eigenvalue weighted by molar-refractivity contribution is -0.150. The summed E-state index contributed by atoms with van der Waals surface area (Å²) in [6, 6.07) is 4.08. The molecular formula is C13H14Cl2N2O4. The Morgan fingerprint density at radius 3 is 2.90 bits per heavy atom. The lowest BCUT2D eigenvalue weighted by atomic mass is 10.2. The van der Waals surface area contributed by atoms with Gasteiger partial charge < -0.3 is 15.2 Å². The molecule has 1 aliphatic rings. The number of aliphatic carboxylic acids is 1. The molecule has 1 saturated heterocycles. The molecule has 1 atom stereocenters. The molecule has 1 amide bonds. The highest BCUT2D eigenvalue weighted by molar-refractivity contribution is 6.43. The van der Waals surface area contributed by atoms with E-state index in [1.54, 1.807) is 23.1 Å². The maximum Gasteiger partial charge on any atom is 0.323 e. The van der Waals surface area contributed by atoms with E-state index in [9.17, 15) is 9.59 Å². The monoisotopic (exact) mass is 332 g/mol. The summed E-state index contributed by atoms with van der Waals surface area (Å²) in [6.45, 7) is 0.798. The highest BCUT2D eigenvalue weighted by Gasteiger charge is 2.30. The number of amides is 1. The minimum Gasteiger partial charge on any atom is -0.480 e. The zero-order valence-electron chi connectivity index (χ0n) is 11.0. The van der Waals surface area contributed by atoms with Crippen molar-refractivity contribution in [2.45, 2.75) is 6.04 Å². The fourth-order valence-corrected chi connectivity index (χ4v) is 2.38. The topological polar surface area (TPSA) is 78.9 Å². The quantitative estimate of drug-likeness (QED) is 0.877. The highest BCUT2D eigenvalue weighted by Crippen LogP contribution is 2.29. The first-order valence-electron chi connectivity index (χ1n) is 6.27. The molecule has 21 heavy (non-hydrogen) atoms. The fourth-order valence-electron chi connectivity index (χ4n) is 2.03. The van der Waals surface area contributed by atoms with Gasteiger partial charge in [0.05, 0.1) is 35.5 Å². The number of morpholine rings is 1. The number of hydrogen-bond acceptors (Lipinski definition) is 4. The van der Waals surface area contributed by atoms with Gasteiger partial charge >= 0.3 is 5.97 Å². The standard InChI is InChI=1S/C13H14Cl2N2O4/c14-8-2-1-3-9(12(8)15)16-11(18)6-17-4-5-21-7-10(17)13(19)20/h1-3,10H,4-7H2,(H,16,18)(H,19,20). The molecule has 2 rings (SSSR count). The van der Waals surface area contributed by atoms with Crippen LogP contribution in [0.15, 0.2) is 18.2 Å². The van der Waals surface area contributed by atoms with Gasteiger partial charge in [-0.2, -0.15) is 0 Å². The molecule has 1 aromatic carbocycles. The molecule has 1 unspecified atom stereocenters. The van der Waals surface area contributed by atoms with Gasteiger partial charge in [-0.15, -0.1) is 0 Å². The Hall–Kier alpha value is -1.34. The van der Waals surface area contributed by atoms with Gasteiger partial charge in [0.1, 0.15) is 6.04 Å². The Balaban J connectivity index is 2.00. The second-order valence-corrected chi connectivity index (χ2v) is 5.33. The lowest BCUT2D eigenvalue weighted by Gasteiger charge is -2.32. The van der Waals surface area contributed by atoms with E-state index in [2.05, 4.69) is 5.32 Å². The van der Waals surface area contributed by atoms with E-state index in [0.717, 1.165) is 0 Å². The Bertz CT molecular complexity index is 553. The van der Waals surface area contributed by atoms with Crippen LogP contribution in [-0.2, 0) is 14.3 Å². The Morgan fingerprint density at radius 2 is 2.19 bits per heavy atom. The number of carboxylic acids is 1. The summed E-state index contributed by atoms with van der Waals surface area (Å²) < 4.78 is 5.12. The van der Waals surface area contributed by atoms with Crippen LogP contribution in [0.25, 0.3) is 0 Å². The van der Waals surface area contributed by atoms with Gasteiger partial charge in [0, 0.05) is 6.54 Å². The number of hydrogen-bond donors (Lipinski definition) is 2. The van der Waals surface area contributed by atoms with Crippen molar-refractivity contribution < 1.29 is 19.4 Å². The number of anilines is 1. The van der Waals surface area contributed by atoms with E-state index >= 15 is 0 Å². The lowest BCUT2D eigenvalue weighted by Crippen LogP contribution is -2.52. The summed E-state index contributed by atoms with van der Waals surface area (Å²) in [7, 11) is 0. The molecular weight excluding hydrogens is 319 g/mol. The first kappa shape index (κ1) is 16.0. The third kappa shape index (κ3) is 4.07. The van der Waals surface area contributed by atoms with E-state index < -0.39 is 12.0 Å². The van der Waals surface area contributed by atoms with Crippen LogP contribution in [-0.4, -0.2) is 54.2 Å². The number of rotatable bonds is 4. The fraction of sp³-hybridized carbons (Fsp3) is 0.385. The number of halogens is 2. The van der Waals surface area contributed by atoms with Crippen LogP contribution in [0.3, 0.4) is 0 Å². The molecule has 1 heterocycles. The second-order valence-electron chi connectivity index (χ2n) is 4.55. The average molecular weight is 333 g/mol. The summed E-state index contributed by atoms with van der Waals surface area (Å²) in [5, 5.41) is 12.3. The first-order valence-corrected chi connectivity index (χ1v) is 7.03. The van der Waals surface area contributed by atoms with Crippen molar-refractivity contribution in [1.82, 2.24) is 4.90 Å². The van der Waals surface area contributed by atoms with E-state index in [-0.39, 0.29) is 24.1 Å². The van der Waals surface area contributed by atoms with Crippen molar-refractivity contribution in [3.05, 3.63) is 28.2 Å². The molecule has 2 N–H and O–H groups in total. The Morgan fingerprint density at radius 1 is 1.43 bits per heavy atom. The molecule has 0 aromatic heterocycles. The van der Waals surface area contributed by atoms with E-state index in [1.807, 2.05) is 0 Å². The van der Waals surface area contributed by atoms with E-state index in [0.29, 0.717) is 23.9 Å². The molecule has 8 heteroatoms. The van der Waals surface area contributed by atoms with Gasteiger partial charge in [0.2, 0.25) is 5.91 Å². The SMILES string of the molecule is O=C(CN1CCOCC1C(=O)O)Nc1cccc(Cl)c1Cl. The summed E-state index contributed by atoms with van der Waals surface area (Å²) in [5.41, 5.74) is 0.398. The second kappa shape index (κ2) is 7.09. The molecule has 1 aliphatic heterocycles. The normalized spacial score (nSPS) is 19.2. The predicted octanol–water partition coefficient (Wildman–Crippen LogP) is 1.72. The zero-order valence-corrected chi connectivity index (χ0v) is 12.5. The molecule has 0 radical (unpaired) electrons. The first-order chi connectivity index (χ1) is 9.99. The molecule has 6 nitrogen and oxygen atoms in total. The molecule has 0 saturated carbocycles. The Kier molecular flexibility index (Phi) is 5.41. The number of nitrogens with one attached hydrogen (secondary N) is 1. The third-order valence-electron chi connectivity index (χ3n) is 3.10. The summed E-state index contributed by atoms with van der Waals surface area (Å²) in [6.07, 6.45) is 0. The van der Waals surface area contributed by atoms with Crippen molar-refractivity contribution in [3.63, 3.8) is 0 Å². The van der Waals surface area contributed by atoms with Crippen LogP contribution < -0.4 is 5.32 Å². The van der Waals surface area contributed by atoms with Crippen LogP contribution in [0.1, 0.15) is 0 Å². The van der Waals surface area contributed by atoms with Crippen molar-refractivity contribution in [3.8, 4) is 0 Å². The molecule has 0 aliphatic carbocycles. The number of carboxylic acid groups (broad SMARTS) is 1. The average Bonchev–Trinajstić information content (AvgIpc) is 2.44. The van der Waals surface area contributed by atoms with E-state index in [4.69, 9.17) is 33.0 Å². The number of carbonyl (C=O) groups excluding carboxylic acids is 1. The van der Waals surface area contributed by atoms with Gasteiger partial charge in [-0.25, -0.2) is 0 Å². The van der Waals surface area contributed by atoms with Gasteiger partial charge in [-0.3, -0.25) is 14.5 Å². The third-order valence-corrected chi connectivity index (χ3v) is 3.92. The number of benzene rings is 1. The summed E-state index contributed by atoms with van der Waals surface area (Å²) in [5.74, 6) is -1.37. The Labute approximate surface area is 131 Å². The minimum atomic E-state index is -1.01. The molecule has 0 spiro atoms. The summed E-state index contributed by atoms with van der Waals surface area (Å²) in [4.78, 5) is 24.7. The van der Waals surface area contributed by atoms with Crippen molar-refractivity contribution in [2.75, 3.05) is 31.6 Å². The molecule has 114 valence electrons. The van der Waals surface area contributed by atoms with Crippen LogP contribution in [0.4, 0.5) is 5.69 Å². The number of ether oxygens (including phenoxy) is 1. The van der Waals surface area contributed by atoms with Gasteiger partial charge in [-0.1, -0.05) is 29.3 Å². The van der Waals surface area contributed by atoms with Crippen LogP contribution in [0.5, 0.6) is 0 Å². The predicted molar refractivity (Wildman–Crippen MR) is 78.9 cm³/mol. The van der Waals surface area contributed by atoms with Gasteiger partial charge in [-0.05, 0) is 12.1 Å². The van der Waals surface area contributed by atoms with Crippen LogP contribution in [0, 0.1) is 0 Å². The highest BCUT2D eigenvalue weighted by atomic mass is 35.5. The maximum atomic E-state index is 12.0. The maximum absolute atomic E-state index is 12.0. The van der Waals surface area contributed by atoms with Gasteiger partial charge in [0.15, 0.2) is 0 Å². The number of carbonyl (C=O) groups is 2. The minimum absolute atomic E-state index is 0.0524. The van der Waals surface area contributed by atoms with Crippen LogP contribution >= 0.6 is 23.2 Å². The van der Waals surface area contributed by atoms with Crippen molar-refractivity contribution in [1.29, 1.82) is 0 Å². The van der Waals surface area contributed by atoms with Crippen molar-refractivity contribution >= 4 is 40.8 Å². The van der Waals surface area contributed by atoms with E-state index in [1.165, 1.54) is 0 Å². The summed E-state index contributed by atoms with van der Waals surface area (Å²) >= 11 is 11.9. The molecule has 1 fully saturated rings. The zero-order chi connectivity index (χ0) is 15.4. The van der Waals surface area contributed by atoms with Gasteiger partial charge in [0.25, 0.3) is 0 Å². The van der Waals surface area contributed by atoms with Crippen LogP contribution in [0.2, 0.25) is 10.0 Å².